The summed E-state index contributed by atoms with van der Waals surface area (Å²) in [7, 11) is 0. The summed E-state index contributed by atoms with van der Waals surface area (Å²) in [6.07, 6.45) is 0.190. The van der Waals surface area contributed by atoms with Gasteiger partial charge in [0.05, 0.1) is 11.5 Å². The van der Waals surface area contributed by atoms with Crippen molar-refractivity contribution in [2.24, 2.45) is 5.41 Å². The molecule has 0 aliphatic rings. The molecular weight excluding hydrogens is 208 g/mol. The number of aromatic nitrogens is 1. The summed E-state index contributed by atoms with van der Waals surface area (Å²) < 4.78 is 0. The zero-order valence-electron chi connectivity index (χ0n) is 9.01. The van der Waals surface area contributed by atoms with Crippen molar-refractivity contribution in [2.75, 3.05) is 0 Å². The highest BCUT2D eigenvalue weighted by Gasteiger charge is 2.36. The maximum absolute atomic E-state index is 10.9. The number of aliphatic hydroxyl groups excluding tert-OH is 1. The normalized spacial score (nSPS) is 12.9. The van der Waals surface area contributed by atoms with Crippen molar-refractivity contribution in [3.8, 4) is 6.07 Å². The molecule has 0 spiro atoms. The SMILES string of the molecule is CC(C)(C(=O)O)C(O)c1ccnc(C#N)c1. The van der Waals surface area contributed by atoms with Gasteiger partial charge in [0.1, 0.15) is 11.8 Å². The number of aliphatic carboxylic acids is 1. The summed E-state index contributed by atoms with van der Waals surface area (Å²) in [5.74, 6) is -1.10. The van der Waals surface area contributed by atoms with E-state index in [1.54, 1.807) is 0 Å². The Morgan fingerprint density at radius 3 is 2.75 bits per heavy atom. The lowest BCUT2D eigenvalue weighted by molar-refractivity contribution is -0.153. The topological polar surface area (TPSA) is 94.2 Å². The van der Waals surface area contributed by atoms with Crippen molar-refractivity contribution in [3.05, 3.63) is 29.6 Å². The summed E-state index contributed by atoms with van der Waals surface area (Å²) in [4.78, 5) is 14.7. The Kier molecular flexibility index (Phi) is 3.25. The van der Waals surface area contributed by atoms with Crippen molar-refractivity contribution in [2.45, 2.75) is 20.0 Å². The lowest BCUT2D eigenvalue weighted by Gasteiger charge is -2.26. The van der Waals surface area contributed by atoms with Gasteiger partial charge in [-0.1, -0.05) is 0 Å². The van der Waals surface area contributed by atoms with Gasteiger partial charge < -0.3 is 10.2 Å². The highest BCUT2D eigenvalue weighted by atomic mass is 16.4. The van der Waals surface area contributed by atoms with Gasteiger partial charge in [-0.05, 0) is 31.5 Å². The van der Waals surface area contributed by atoms with Crippen LogP contribution in [0.4, 0.5) is 0 Å². The molecule has 2 N–H and O–H groups in total. The largest absolute Gasteiger partial charge is 0.481 e. The third kappa shape index (κ3) is 2.18. The molecule has 1 heterocycles. The van der Waals surface area contributed by atoms with Crippen LogP contribution in [-0.4, -0.2) is 21.2 Å². The van der Waals surface area contributed by atoms with Crippen LogP contribution >= 0.6 is 0 Å². The lowest BCUT2D eigenvalue weighted by Crippen LogP contribution is -2.31. The third-order valence-corrected chi connectivity index (χ3v) is 2.45. The Hall–Kier alpha value is -1.93. The minimum atomic E-state index is -1.31. The number of nitrogens with zero attached hydrogens (tertiary/aromatic N) is 2. The highest BCUT2D eigenvalue weighted by Crippen LogP contribution is 2.33. The van der Waals surface area contributed by atoms with E-state index in [1.807, 2.05) is 6.07 Å². The van der Waals surface area contributed by atoms with Gasteiger partial charge in [0, 0.05) is 6.20 Å². The fourth-order valence-corrected chi connectivity index (χ4v) is 1.21. The maximum atomic E-state index is 10.9. The number of carbonyl (C=O) groups is 1. The zero-order valence-corrected chi connectivity index (χ0v) is 9.01. The van der Waals surface area contributed by atoms with Gasteiger partial charge in [0.15, 0.2) is 0 Å². The Morgan fingerprint density at radius 1 is 1.62 bits per heavy atom. The molecular formula is C11H12N2O3. The minimum absolute atomic E-state index is 0.151. The fraction of sp³-hybridized carbons (Fsp3) is 0.364. The number of nitriles is 1. The van der Waals surface area contributed by atoms with E-state index in [-0.39, 0.29) is 5.69 Å². The molecule has 0 aliphatic carbocycles. The number of carboxylic acids is 1. The van der Waals surface area contributed by atoms with E-state index in [4.69, 9.17) is 10.4 Å². The molecule has 0 amide bonds. The molecule has 1 unspecified atom stereocenters. The molecule has 0 saturated heterocycles. The number of pyridine rings is 1. The molecule has 1 aromatic rings. The van der Waals surface area contributed by atoms with Crippen LogP contribution in [0.3, 0.4) is 0 Å². The van der Waals surface area contributed by atoms with Crippen LogP contribution in [-0.2, 0) is 4.79 Å². The van der Waals surface area contributed by atoms with E-state index in [0.717, 1.165) is 0 Å². The van der Waals surface area contributed by atoms with Crippen LogP contribution in [0.1, 0.15) is 31.2 Å². The molecule has 0 bridgehead atoms. The Morgan fingerprint density at radius 2 is 2.25 bits per heavy atom. The number of aliphatic hydroxyl groups is 1. The number of hydrogen-bond donors (Lipinski definition) is 2. The van der Waals surface area contributed by atoms with Crippen LogP contribution in [0.2, 0.25) is 0 Å². The Labute approximate surface area is 93.0 Å². The molecule has 0 fully saturated rings. The number of carboxylic acid groups (broad SMARTS) is 1. The summed E-state index contributed by atoms with van der Waals surface area (Å²) in [5.41, 5.74) is -0.787. The average molecular weight is 220 g/mol. The van der Waals surface area contributed by atoms with E-state index >= 15 is 0 Å². The standard InChI is InChI=1S/C11H12N2O3/c1-11(2,10(15)16)9(14)7-3-4-13-8(5-7)6-12/h3-5,9,14H,1-2H3,(H,15,16). The number of rotatable bonds is 3. The molecule has 0 radical (unpaired) electrons. The number of hydrogen-bond acceptors (Lipinski definition) is 4. The molecule has 1 aromatic heterocycles. The summed E-state index contributed by atoms with van der Waals surface area (Å²) in [6, 6.07) is 4.71. The second-order valence-corrected chi connectivity index (χ2v) is 4.02. The van der Waals surface area contributed by atoms with E-state index in [9.17, 15) is 9.90 Å². The first kappa shape index (κ1) is 12.1. The fourth-order valence-electron chi connectivity index (χ4n) is 1.21. The average Bonchev–Trinajstić information content (AvgIpc) is 2.27. The van der Waals surface area contributed by atoms with Crippen LogP contribution in [0.15, 0.2) is 18.3 Å². The zero-order chi connectivity index (χ0) is 12.3. The van der Waals surface area contributed by atoms with Gasteiger partial charge in [0.25, 0.3) is 0 Å². The summed E-state index contributed by atoms with van der Waals surface area (Å²) >= 11 is 0. The van der Waals surface area contributed by atoms with Gasteiger partial charge in [-0.2, -0.15) is 5.26 Å². The second kappa shape index (κ2) is 4.29. The Bertz CT molecular complexity index is 449. The van der Waals surface area contributed by atoms with Crippen molar-refractivity contribution in [3.63, 3.8) is 0 Å². The van der Waals surface area contributed by atoms with Gasteiger partial charge in [-0.15, -0.1) is 0 Å². The van der Waals surface area contributed by atoms with Gasteiger partial charge in [-0.3, -0.25) is 4.79 Å². The monoisotopic (exact) mass is 220 g/mol. The first-order valence-electron chi connectivity index (χ1n) is 4.67. The van der Waals surface area contributed by atoms with E-state index in [0.29, 0.717) is 5.56 Å². The smallest absolute Gasteiger partial charge is 0.312 e. The Balaban J connectivity index is 3.10. The van der Waals surface area contributed by atoms with E-state index in [2.05, 4.69) is 4.98 Å². The molecule has 16 heavy (non-hydrogen) atoms. The molecule has 0 aromatic carbocycles. The van der Waals surface area contributed by atoms with Crippen LogP contribution in [0, 0.1) is 16.7 Å². The van der Waals surface area contributed by atoms with Crippen LogP contribution in [0.25, 0.3) is 0 Å². The summed E-state index contributed by atoms with van der Waals surface area (Å²) in [5, 5.41) is 27.5. The first-order valence-corrected chi connectivity index (χ1v) is 4.67. The second-order valence-electron chi connectivity index (χ2n) is 4.02. The van der Waals surface area contributed by atoms with E-state index in [1.165, 1.54) is 32.2 Å². The van der Waals surface area contributed by atoms with Crippen molar-refractivity contribution in [1.82, 2.24) is 4.98 Å². The lowest BCUT2D eigenvalue weighted by atomic mass is 9.83. The summed E-state index contributed by atoms with van der Waals surface area (Å²) in [6.45, 7) is 2.85. The van der Waals surface area contributed by atoms with Crippen molar-refractivity contribution in [1.29, 1.82) is 5.26 Å². The predicted molar refractivity (Wildman–Crippen MR) is 55.3 cm³/mol. The van der Waals surface area contributed by atoms with Gasteiger partial charge >= 0.3 is 5.97 Å². The van der Waals surface area contributed by atoms with Crippen LogP contribution < -0.4 is 0 Å². The van der Waals surface area contributed by atoms with Gasteiger partial charge in [-0.25, -0.2) is 4.98 Å². The van der Waals surface area contributed by atoms with Crippen LogP contribution in [0.5, 0.6) is 0 Å². The quantitative estimate of drug-likeness (QED) is 0.795. The van der Waals surface area contributed by atoms with E-state index < -0.39 is 17.5 Å². The maximum Gasteiger partial charge on any atom is 0.312 e. The molecule has 5 heteroatoms. The highest BCUT2D eigenvalue weighted by molar-refractivity contribution is 5.74. The molecule has 84 valence electrons. The molecule has 0 saturated carbocycles. The third-order valence-electron chi connectivity index (χ3n) is 2.45. The molecule has 1 rings (SSSR count). The molecule has 1 atom stereocenters. The van der Waals surface area contributed by atoms with Crippen molar-refractivity contribution >= 4 is 5.97 Å². The minimum Gasteiger partial charge on any atom is -0.481 e. The molecule has 5 nitrogen and oxygen atoms in total. The van der Waals surface area contributed by atoms with Crippen molar-refractivity contribution < 1.29 is 15.0 Å². The first-order chi connectivity index (χ1) is 7.39. The van der Waals surface area contributed by atoms with Gasteiger partial charge in [0.2, 0.25) is 0 Å². The predicted octanol–water partition coefficient (Wildman–Crippen LogP) is 1.10. The molecule has 0 aliphatic heterocycles.